The Morgan fingerprint density at radius 3 is 2.34 bits per heavy atom. The number of Topliss-reactive ketones (excluding diaryl/α,β-unsaturated/α-hetero) is 1. The van der Waals surface area contributed by atoms with Gasteiger partial charge in [-0.15, -0.1) is 0 Å². The van der Waals surface area contributed by atoms with Gasteiger partial charge in [0.2, 0.25) is 5.78 Å². The molecule has 2 aliphatic carbocycles. The minimum Gasteiger partial charge on any atom is -0.507 e. The monoisotopic (exact) mass is 697 g/mol. The Kier molecular flexibility index (Phi) is 9.67. The number of ether oxygens (including phenoxy) is 6. The van der Waals surface area contributed by atoms with Gasteiger partial charge in [-0.3, -0.25) is 14.4 Å². The highest BCUT2D eigenvalue weighted by molar-refractivity contribution is 6.31. The number of ketones is 3. The predicted molar refractivity (Wildman–Crippen MR) is 170 cm³/mol. The van der Waals surface area contributed by atoms with Crippen LogP contribution in [-0.4, -0.2) is 107 Å². The van der Waals surface area contributed by atoms with Crippen LogP contribution < -0.4 is 4.74 Å². The zero-order valence-corrected chi connectivity index (χ0v) is 28.1. The van der Waals surface area contributed by atoms with Crippen molar-refractivity contribution in [3.05, 3.63) is 62.0 Å². The van der Waals surface area contributed by atoms with E-state index in [1.54, 1.807) is 13.8 Å². The van der Waals surface area contributed by atoms with Crippen molar-refractivity contribution in [2.45, 2.75) is 107 Å². The van der Waals surface area contributed by atoms with Crippen molar-refractivity contribution in [3.8, 4) is 17.2 Å². The minimum atomic E-state index is -2.09. The van der Waals surface area contributed by atoms with E-state index in [0.29, 0.717) is 0 Å². The van der Waals surface area contributed by atoms with Gasteiger partial charge in [0.1, 0.15) is 29.0 Å². The van der Waals surface area contributed by atoms with E-state index in [1.807, 2.05) is 0 Å². The quantitative estimate of drug-likeness (QED) is 0.115. The Balaban J connectivity index is 1.35. The Labute approximate surface area is 286 Å². The van der Waals surface area contributed by atoms with Gasteiger partial charge in [-0.05, 0) is 32.4 Å². The predicted octanol–water partition coefficient (Wildman–Crippen LogP) is 2.92. The average Bonchev–Trinajstić information content (AvgIpc) is 3.07. The lowest BCUT2D eigenvalue weighted by Gasteiger charge is -2.44. The lowest BCUT2D eigenvalue weighted by Crippen LogP contribution is -2.54. The zero-order chi connectivity index (χ0) is 36.2. The molecule has 6 rings (SSSR count). The third-order valence-corrected chi connectivity index (χ3v) is 10.2. The van der Waals surface area contributed by atoms with Gasteiger partial charge in [-0.1, -0.05) is 17.2 Å². The second-order valence-corrected chi connectivity index (χ2v) is 13.1. The zero-order valence-electron chi connectivity index (χ0n) is 28.1. The third-order valence-electron chi connectivity index (χ3n) is 10.2. The number of methoxy groups -OCH3 is 2. The van der Waals surface area contributed by atoms with Gasteiger partial charge in [0, 0.05) is 54.4 Å². The number of hydrogen-bond donors (Lipinski definition) is 4. The summed E-state index contributed by atoms with van der Waals surface area (Å²) in [5, 5.41) is 49.1. The lowest BCUT2D eigenvalue weighted by molar-refractivity contribution is -0.303. The molecule has 0 amide bonds. The van der Waals surface area contributed by atoms with Crippen molar-refractivity contribution in [2.75, 3.05) is 14.2 Å². The highest BCUT2D eigenvalue weighted by Crippen LogP contribution is 2.52. The maximum atomic E-state index is 13.9. The lowest BCUT2D eigenvalue weighted by atomic mass is 9.72. The van der Waals surface area contributed by atoms with Crippen molar-refractivity contribution in [1.82, 2.24) is 0 Å². The van der Waals surface area contributed by atoms with Crippen LogP contribution >= 0.6 is 0 Å². The second kappa shape index (κ2) is 13.5. The van der Waals surface area contributed by atoms with Gasteiger partial charge in [0.15, 0.2) is 24.1 Å². The summed E-state index contributed by atoms with van der Waals surface area (Å²) in [5.74, 6) is -3.43. The maximum absolute atomic E-state index is 13.9. The van der Waals surface area contributed by atoms with Crippen LogP contribution in [-0.2, 0) is 34.9 Å². The van der Waals surface area contributed by atoms with Crippen molar-refractivity contribution in [2.24, 2.45) is 5.11 Å². The molecule has 0 saturated carbocycles. The van der Waals surface area contributed by atoms with Gasteiger partial charge < -0.3 is 48.8 Å². The summed E-state index contributed by atoms with van der Waals surface area (Å²) in [5.41, 5.74) is 6.02. The summed E-state index contributed by atoms with van der Waals surface area (Å²) in [6.45, 7) is 4.49. The van der Waals surface area contributed by atoms with Gasteiger partial charge >= 0.3 is 0 Å². The molecule has 4 aliphatic rings. The van der Waals surface area contributed by atoms with E-state index in [0.717, 1.165) is 6.92 Å². The smallest absolute Gasteiger partial charge is 0.202 e. The molecular formula is C34H39N3O13. The van der Waals surface area contributed by atoms with E-state index >= 15 is 0 Å². The summed E-state index contributed by atoms with van der Waals surface area (Å²) in [7, 11) is 2.79. The molecule has 50 heavy (non-hydrogen) atoms. The Hall–Kier alpha value is -4.12. The molecule has 0 spiro atoms. The molecule has 2 aromatic carbocycles. The Morgan fingerprint density at radius 2 is 1.68 bits per heavy atom. The van der Waals surface area contributed by atoms with Crippen molar-refractivity contribution < 1.29 is 63.2 Å². The number of rotatable bonds is 8. The third kappa shape index (κ3) is 5.91. The van der Waals surface area contributed by atoms with Crippen LogP contribution in [0.2, 0.25) is 0 Å². The number of hydrogen-bond acceptors (Lipinski definition) is 14. The van der Waals surface area contributed by atoms with E-state index < -0.39 is 114 Å². The number of phenols is 2. The number of aliphatic hydroxyl groups excluding tert-OH is 1. The molecule has 0 unspecified atom stereocenters. The summed E-state index contributed by atoms with van der Waals surface area (Å²) < 4.78 is 35.2. The molecule has 2 aliphatic heterocycles. The topological polar surface area (TPSA) is 236 Å². The van der Waals surface area contributed by atoms with Crippen molar-refractivity contribution in [1.29, 1.82) is 0 Å². The van der Waals surface area contributed by atoms with Crippen LogP contribution in [0.4, 0.5) is 0 Å². The van der Waals surface area contributed by atoms with Gasteiger partial charge in [-0.2, -0.15) is 0 Å². The summed E-state index contributed by atoms with van der Waals surface area (Å²) in [6, 6.07) is 3.52. The molecule has 2 saturated heterocycles. The molecule has 2 fully saturated rings. The first-order valence-electron chi connectivity index (χ1n) is 16.2. The Bertz CT molecular complexity index is 1780. The standard InChI is InChI=1S/C34H39N3O13/c1-13-28(39)20(46-5)10-23(47-13)50-33-14(2)48-22(9-18(33)36-37-35)49-21-12-34(44,15(3)38)11-17-25(21)32(43)27-26(30(17)41)29(40)16-7-6-8-19(45-4)24(16)31(27)42/h6-8,13-14,18,20-23,28,33,39,41,43-44H,9-12H2,1-5H3/t13-,14-,18-,20-,21-,22-,23-,28-,33+,34-/m0/s1. The first-order chi connectivity index (χ1) is 23.7. The highest BCUT2D eigenvalue weighted by atomic mass is 16.7. The first-order valence-corrected chi connectivity index (χ1v) is 16.2. The molecule has 2 heterocycles. The fraction of sp³-hybridized carbons (Fsp3) is 0.559. The van der Waals surface area contributed by atoms with Crippen LogP contribution in [0.3, 0.4) is 0 Å². The number of benzene rings is 2. The summed E-state index contributed by atoms with van der Waals surface area (Å²) in [4.78, 5) is 43.4. The van der Waals surface area contributed by atoms with E-state index in [1.165, 1.54) is 32.4 Å². The molecule has 0 aromatic heterocycles. The molecule has 2 aromatic rings. The first kappa shape index (κ1) is 35.7. The fourth-order valence-corrected chi connectivity index (χ4v) is 7.48. The molecular weight excluding hydrogens is 658 g/mol. The van der Waals surface area contributed by atoms with Crippen molar-refractivity contribution >= 4 is 17.3 Å². The minimum absolute atomic E-state index is 0.0469. The highest BCUT2D eigenvalue weighted by Gasteiger charge is 2.50. The van der Waals surface area contributed by atoms with E-state index in [4.69, 9.17) is 28.4 Å². The van der Waals surface area contributed by atoms with Gasteiger partial charge in [-0.25, -0.2) is 0 Å². The molecule has 268 valence electrons. The molecule has 10 atom stereocenters. The number of azide groups is 1. The molecule has 16 heteroatoms. The summed E-state index contributed by atoms with van der Waals surface area (Å²) >= 11 is 0. The van der Waals surface area contributed by atoms with Gasteiger partial charge in [0.05, 0.1) is 60.4 Å². The van der Waals surface area contributed by atoms with Crippen molar-refractivity contribution in [3.63, 3.8) is 0 Å². The number of carbonyl (C=O) groups excluding carboxylic acids is 3. The second-order valence-electron chi connectivity index (χ2n) is 13.1. The number of aliphatic hydroxyl groups is 2. The van der Waals surface area contributed by atoms with E-state index in [-0.39, 0.29) is 40.8 Å². The van der Waals surface area contributed by atoms with Gasteiger partial charge in [0.25, 0.3) is 0 Å². The average molecular weight is 698 g/mol. The molecule has 0 bridgehead atoms. The number of phenolic OH excluding ortho intramolecular Hbond substituents is 2. The SMILES string of the molecule is COc1cccc2c1C(=O)c1c(O)c3c(c(O)c1C2=O)C[C@@](O)(C(C)=O)C[C@@H]3O[C@H]1C[C@H](N=[N+]=[N-])[C@H](O[C@H]2C[C@H](OC)[C@@H](O)[C@H](C)O2)[C@H](C)O1. The van der Waals surface area contributed by atoms with Crippen LogP contribution in [0.5, 0.6) is 17.2 Å². The number of carbonyl (C=O) groups is 3. The number of fused-ring (bicyclic) bond motifs is 3. The Morgan fingerprint density at radius 1 is 1.00 bits per heavy atom. The van der Waals surface area contributed by atoms with E-state index in [2.05, 4.69) is 10.0 Å². The number of nitrogens with zero attached hydrogens (tertiary/aromatic N) is 3. The maximum Gasteiger partial charge on any atom is 0.202 e. The normalized spacial score (nSPS) is 33.5. The molecule has 16 nitrogen and oxygen atoms in total. The van der Waals surface area contributed by atoms with Crippen LogP contribution in [0, 0.1) is 0 Å². The van der Waals surface area contributed by atoms with Crippen LogP contribution in [0.25, 0.3) is 10.4 Å². The fourth-order valence-electron chi connectivity index (χ4n) is 7.48. The molecule has 4 N–H and O–H groups in total. The van der Waals surface area contributed by atoms with Crippen LogP contribution in [0.15, 0.2) is 23.3 Å². The molecule has 0 radical (unpaired) electrons. The number of aromatic hydroxyl groups is 2. The van der Waals surface area contributed by atoms with Crippen LogP contribution in [0.1, 0.15) is 89.1 Å². The summed E-state index contributed by atoms with van der Waals surface area (Å²) in [6.07, 6.45) is -7.75. The van der Waals surface area contributed by atoms with E-state index in [9.17, 15) is 40.3 Å². The largest absolute Gasteiger partial charge is 0.507 e.